The molecular formula is C8H20N2O2. The lowest BCUT2D eigenvalue weighted by Crippen LogP contribution is -2.35. The Hall–Kier alpha value is -0.160. The predicted octanol–water partition coefficient (Wildman–Crippen LogP) is -0.208. The fraction of sp³-hybridized carbons (Fsp3) is 1.00. The second-order valence-corrected chi connectivity index (χ2v) is 3.07. The van der Waals surface area contributed by atoms with Crippen molar-refractivity contribution in [3.63, 3.8) is 0 Å². The number of aliphatic hydroxyl groups excluding tert-OH is 1. The van der Waals surface area contributed by atoms with E-state index in [4.69, 9.17) is 4.74 Å². The zero-order valence-electron chi connectivity index (χ0n) is 8.45. The first-order valence-electron chi connectivity index (χ1n) is 4.22. The van der Waals surface area contributed by atoms with Crippen LogP contribution in [0.25, 0.3) is 0 Å². The highest BCUT2D eigenvalue weighted by molar-refractivity contribution is 4.44. The molecule has 1 atom stereocenters. The van der Waals surface area contributed by atoms with Gasteiger partial charge in [-0.15, -0.1) is 0 Å². The van der Waals surface area contributed by atoms with E-state index in [9.17, 15) is 5.11 Å². The van der Waals surface area contributed by atoms with Gasteiger partial charge in [0.2, 0.25) is 6.41 Å². The lowest BCUT2D eigenvalue weighted by atomic mass is 10.6. The van der Waals surface area contributed by atoms with Crippen LogP contribution in [0.4, 0.5) is 0 Å². The second kappa shape index (κ2) is 6.37. The normalized spacial score (nSPS) is 14.2. The van der Waals surface area contributed by atoms with Crippen LogP contribution in [-0.2, 0) is 4.74 Å². The molecule has 0 amide bonds. The summed E-state index contributed by atoms with van der Waals surface area (Å²) in [5.41, 5.74) is 0. The highest BCUT2D eigenvalue weighted by Crippen LogP contribution is 1.93. The zero-order valence-corrected chi connectivity index (χ0v) is 8.45. The van der Waals surface area contributed by atoms with Gasteiger partial charge in [-0.1, -0.05) is 6.92 Å². The molecule has 0 fully saturated rings. The largest absolute Gasteiger partial charge is 0.356 e. The molecule has 0 aromatic carbocycles. The van der Waals surface area contributed by atoms with Crippen LogP contribution in [0.2, 0.25) is 0 Å². The summed E-state index contributed by atoms with van der Waals surface area (Å²) in [5.74, 6) is 0. The lowest BCUT2D eigenvalue weighted by molar-refractivity contribution is -0.184. The summed E-state index contributed by atoms with van der Waals surface area (Å²) in [4.78, 5) is 3.74. The van der Waals surface area contributed by atoms with Gasteiger partial charge in [-0.25, -0.2) is 0 Å². The van der Waals surface area contributed by atoms with E-state index >= 15 is 0 Å². The van der Waals surface area contributed by atoms with Gasteiger partial charge in [0.25, 0.3) is 0 Å². The Labute approximate surface area is 74.7 Å². The molecule has 12 heavy (non-hydrogen) atoms. The van der Waals surface area contributed by atoms with E-state index in [2.05, 4.69) is 0 Å². The Morgan fingerprint density at radius 3 is 2.33 bits per heavy atom. The van der Waals surface area contributed by atoms with E-state index in [1.165, 1.54) is 0 Å². The molecule has 0 aromatic rings. The first kappa shape index (κ1) is 11.8. The van der Waals surface area contributed by atoms with Crippen molar-refractivity contribution in [1.29, 1.82) is 0 Å². The van der Waals surface area contributed by atoms with Gasteiger partial charge in [0.1, 0.15) is 0 Å². The van der Waals surface area contributed by atoms with Gasteiger partial charge in [0, 0.05) is 6.54 Å². The number of hydrogen-bond donors (Lipinski definition) is 1. The van der Waals surface area contributed by atoms with Crippen LogP contribution in [0, 0.1) is 0 Å². The van der Waals surface area contributed by atoms with Gasteiger partial charge in [-0.05, 0) is 27.7 Å². The summed E-state index contributed by atoms with van der Waals surface area (Å²) in [6, 6.07) is 0. The van der Waals surface area contributed by atoms with E-state index in [-0.39, 0.29) is 0 Å². The number of aliphatic hydroxyl groups is 1. The maximum absolute atomic E-state index is 9.32. The van der Waals surface area contributed by atoms with E-state index in [1.807, 2.05) is 33.0 Å². The molecule has 4 heteroatoms. The Morgan fingerprint density at radius 2 is 1.92 bits per heavy atom. The van der Waals surface area contributed by atoms with Crippen molar-refractivity contribution < 1.29 is 9.84 Å². The minimum Gasteiger partial charge on any atom is -0.356 e. The average molecular weight is 176 g/mol. The molecular weight excluding hydrogens is 156 g/mol. The van der Waals surface area contributed by atoms with Gasteiger partial charge in [0.05, 0.1) is 6.61 Å². The molecule has 1 unspecified atom stereocenters. The van der Waals surface area contributed by atoms with Crippen molar-refractivity contribution >= 4 is 0 Å². The van der Waals surface area contributed by atoms with Crippen LogP contribution in [0.15, 0.2) is 0 Å². The van der Waals surface area contributed by atoms with Crippen molar-refractivity contribution in [1.82, 2.24) is 9.80 Å². The fourth-order valence-electron chi connectivity index (χ4n) is 0.624. The molecule has 0 aliphatic carbocycles. The molecule has 0 radical (unpaired) electrons. The van der Waals surface area contributed by atoms with Crippen LogP contribution in [0.5, 0.6) is 0 Å². The van der Waals surface area contributed by atoms with Gasteiger partial charge in [-0.2, -0.15) is 0 Å². The Balaban J connectivity index is 3.37. The minimum absolute atomic E-state index is 0.554. The maximum Gasteiger partial charge on any atom is 0.215 e. The number of likely N-dealkylation sites (N-methyl/N-ethyl adjacent to an activating group) is 1. The number of rotatable bonds is 6. The molecule has 0 rings (SSSR count). The molecule has 0 spiro atoms. The summed E-state index contributed by atoms with van der Waals surface area (Å²) >= 11 is 0. The van der Waals surface area contributed by atoms with Crippen LogP contribution in [0.3, 0.4) is 0 Å². The van der Waals surface area contributed by atoms with Crippen LogP contribution in [0.1, 0.15) is 6.92 Å². The third kappa shape index (κ3) is 5.49. The second-order valence-electron chi connectivity index (χ2n) is 3.07. The molecule has 0 bridgehead atoms. The van der Waals surface area contributed by atoms with Crippen LogP contribution in [-0.4, -0.2) is 62.2 Å². The molecule has 0 saturated heterocycles. The number of ether oxygens (including phenoxy) is 1. The Morgan fingerprint density at radius 1 is 1.33 bits per heavy atom. The molecule has 0 aliphatic heterocycles. The molecule has 74 valence electrons. The fourth-order valence-corrected chi connectivity index (χ4v) is 0.624. The standard InChI is InChI=1S/C8H20N2O2/c1-5-10(4)8(11)12-7-6-9(2)3/h8,11H,5-7H2,1-4H3. The first-order chi connectivity index (χ1) is 5.57. The number of nitrogens with zero attached hydrogens (tertiary/aromatic N) is 2. The average Bonchev–Trinajstić information content (AvgIpc) is 2.02. The Kier molecular flexibility index (Phi) is 6.28. The van der Waals surface area contributed by atoms with E-state index in [1.54, 1.807) is 4.90 Å². The van der Waals surface area contributed by atoms with Gasteiger partial charge in [0.15, 0.2) is 0 Å². The van der Waals surface area contributed by atoms with Crippen molar-refractivity contribution in [3.8, 4) is 0 Å². The summed E-state index contributed by atoms with van der Waals surface area (Å²) in [7, 11) is 5.76. The van der Waals surface area contributed by atoms with Gasteiger partial charge < -0.3 is 14.7 Å². The smallest absolute Gasteiger partial charge is 0.215 e. The number of hydrogen-bond acceptors (Lipinski definition) is 4. The van der Waals surface area contributed by atoms with Crippen molar-refractivity contribution in [3.05, 3.63) is 0 Å². The van der Waals surface area contributed by atoms with E-state index in [0.29, 0.717) is 6.61 Å². The first-order valence-corrected chi connectivity index (χ1v) is 4.22. The molecule has 0 saturated carbocycles. The van der Waals surface area contributed by atoms with E-state index in [0.717, 1.165) is 13.1 Å². The summed E-state index contributed by atoms with van der Waals surface area (Å²) < 4.78 is 5.15. The topological polar surface area (TPSA) is 35.9 Å². The minimum atomic E-state index is -0.769. The maximum atomic E-state index is 9.32. The molecule has 0 aliphatic rings. The van der Waals surface area contributed by atoms with Crippen LogP contribution >= 0.6 is 0 Å². The van der Waals surface area contributed by atoms with Crippen molar-refractivity contribution in [2.75, 3.05) is 40.8 Å². The third-order valence-corrected chi connectivity index (χ3v) is 1.68. The van der Waals surface area contributed by atoms with Crippen LogP contribution < -0.4 is 0 Å². The highest BCUT2D eigenvalue weighted by atomic mass is 16.6. The predicted molar refractivity (Wildman–Crippen MR) is 48.8 cm³/mol. The molecule has 0 heterocycles. The molecule has 0 aromatic heterocycles. The van der Waals surface area contributed by atoms with Crippen molar-refractivity contribution in [2.24, 2.45) is 0 Å². The summed E-state index contributed by atoms with van der Waals surface area (Å²) in [5, 5.41) is 9.32. The van der Waals surface area contributed by atoms with E-state index < -0.39 is 6.41 Å². The van der Waals surface area contributed by atoms with Gasteiger partial charge >= 0.3 is 0 Å². The monoisotopic (exact) mass is 176 g/mol. The summed E-state index contributed by atoms with van der Waals surface area (Å²) in [6.45, 7) is 4.13. The third-order valence-electron chi connectivity index (χ3n) is 1.68. The van der Waals surface area contributed by atoms with Gasteiger partial charge in [-0.3, -0.25) is 4.90 Å². The zero-order chi connectivity index (χ0) is 9.56. The quantitative estimate of drug-likeness (QED) is 0.568. The van der Waals surface area contributed by atoms with Crippen molar-refractivity contribution in [2.45, 2.75) is 13.3 Å². The molecule has 1 N–H and O–H groups in total. The SMILES string of the molecule is CCN(C)C(O)OCCN(C)C. The Bertz CT molecular complexity index is 109. The highest BCUT2D eigenvalue weighted by Gasteiger charge is 2.07. The molecule has 4 nitrogen and oxygen atoms in total. The summed E-state index contributed by atoms with van der Waals surface area (Å²) in [6.07, 6.45) is -0.769. The lowest BCUT2D eigenvalue weighted by Gasteiger charge is -2.22.